The van der Waals surface area contributed by atoms with E-state index in [1.807, 2.05) is 0 Å². The van der Waals surface area contributed by atoms with E-state index in [2.05, 4.69) is 15.5 Å². The minimum absolute atomic E-state index is 0.253. The van der Waals surface area contributed by atoms with Crippen LogP contribution in [0.3, 0.4) is 0 Å². The lowest BCUT2D eigenvalue weighted by Gasteiger charge is -2.27. The number of nitrogens with one attached hydrogen (secondary N) is 2. The number of amides is 1. The number of hydrogen-bond donors (Lipinski definition) is 2. The lowest BCUT2D eigenvalue weighted by molar-refractivity contribution is -0.121. The maximum atomic E-state index is 11.7. The molecular formula is C16H31N3O. The van der Waals surface area contributed by atoms with Crippen LogP contribution in [-0.2, 0) is 4.79 Å². The third kappa shape index (κ3) is 6.23. The third-order valence-corrected chi connectivity index (χ3v) is 4.67. The Morgan fingerprint density at radius 2 is 1.90 bits per heavy atom. The Labute approximate surface area is 123 Å². The Bertz CT molecular complexity index is 271. The van der Waals surface area contributed by atoms with E-state index in [1.165, 1.54) is 32.1 Å². The molecule has 0 aromatic carbocycles. The first-order chi connectivity index (χ1) is 9.84. The van der Waals surface area contributed by atoms with Gasteiger partial charge in [0.1, 0.15) is 0 Å². The molecular weight excluding hydrogens is 250 g/mol. The fourth-order valence-corrected chi connectivity index (χ4v) is 3.40. The number of carbonyl (C=O) groups is 1. The molecule has 0 atom stereocenters. The zero-order valence-corrected chi connectivity index (χ0v) is 12.8. The summed E-state index contributed by atoms with van der Waals surface area (Å²) < 4.78 is 0. The maximum absolute atomic E-state index is 11.7. The Balaban J connectivity index is 1.41. The Morgan fingerprint density at radius 3 is 2.65 bits per heavy atom. The number of nitrogens with zero attached hydrogens (tertiary/aromatic N) is 1. The monoisotopic (exact) mass is 281 g/mol. The topological polar surface area (TPSA) is 44.4 Å². The van der Waals surface area contributed by atoms with Gasteiger partial charge in [-0.15, -0.1) is 0 Å². The predicted octanol–water partition coefficient (Wildman–Crippen LogP) is 1.76. The minimum atomic E-state index is 0.253. The van der Waals surface area contributed by atoms with E-state index in [-0.39, 0.29) is 5.91 Å². The molecule has 116 valence electrons. The second-order valence-corrected chi connectivity index (χ2v) is 6.34. The van der Waals surface area contributed by atoms with Crippen LogP contribution in [0.2, 0.25) is 0 Å². The fraction of sp³-hybridized carbons (Fsp3) is 0.938. The van der Waals surface area contributed by atoms with Gasteiger partial charge in [0.2, 0.25) is 5.91 Å². The molecule has 0 spiro atoms. The zero-order valence-electron chi connectivity index (χ0n) is 12.8. The predicted molar refractivity (Wildman–Crippen MR) is 82.7 cm³/mol. The van der Waals surface area contributed by atoms with E-state index < -0.39 is 0 Å². The number of hydrogen-bond acceptors (Lipinski definition) is 3. The summed E-state index contributed by atoms with van der Waals surface area (Å²) in [6.45, 7) is 6.46. The summed E-state index contributed by atoms with van der Waals surface area (Å²) in [6.07, 6.45) is 9.74. The molecule has 0 radical (unpaired) electrons. The highest BCUT2D eigenvalue weighted by atomic mass is 16.1. The molecule has 1 saturated carbocycles. The van der Waals surface area contributed by atoms with Crippen LogP contribution >= 0.6 is 0 Å². The SMILES string of the molecule is O=C(CCCC1CCCC1)NCCCN1CCNCC1. The lowest BCUT2D eigenvalue weighted by Crippen LogP contribution is -2.44. The van der Waals surface area contributed by atoms with Gasteiger partial charge in [0.05, 0.1) is 0 Å². The van der Waals surface area contributed by atoms with Gasteiger partial charge in [-0.2, -0.15) is 0 Å². The molecule has 1 amide bonds. The van der Waals surface area contributed by atoms with E-state index in [1.54, 1.807) is 0 Å². The number of rotatable bonds is 8. The molecule has 1 saturated heterocycles. The average molecular weight is 281 g/mol. The second-order valence-electron chi connectivity index (χ2n) is 6.34. The molecule has 1 aliphatic carbocycles. The van der Waals surface area contributed by atoms with Gasteiger partial charge in [-0.1, -0.05) is 25.7 Å². The first-order valence-corrected chi connectivity index (χ1v) is 8.54. The minimum Gasteiger partial charge on any atom is -0.356 e. The molecule has 1 heterocycles. The average Bonchev–Trinajstić information content (AvgIpc) is 2.98. The van der Waals surface area contributed by atoms with Crippen LogP contribution in [0.25, 0.3) is 0 Å². The van der Waals surface area contributed by atoms with Gasteiger partial charge in [-0.05, 0) is 31.7 Å². The first-order valence-electron chi connectivity index (χ1n) is 8.54. The van der Waals surface area contributed by atoms with E-state index in [0.29, 0.717) is 0 Å². The van der Waals surface area contributed by atoms with E-state index in [9.17, 15) is 4.79 Å². The summed E-state index contributed by atoms with van der Waals surface area (Å²) in [5, 5.41) is 6.42. The van der Waals surface area contributed by atoms with Crippen molar-refractivity contribution in [2.45, 2.75) is 51.4 Å². The zero-order chi connectivity index (χ0) is 14.0. The van der Waals surface area contributed by atoms with Crippen molar-refractivity contribution in [2.75, 3.05) is 39.3 Å². The Hall–Kier alpha value is -0.610. The van der Waals surface area contributed by atoms with Gasteiger partial charge in [0, 0.05) is 39.1 Å². The van der Waals surface area contributed by atoms with Crippen LogP contribution < -0.4 is 10.6 Å². The van der Waals surface area contributed by atoms with Gasteiger partial charge < -0.3 is 15.5 Å². The summed E-state index contributed by atoms with van der Waals surface area (Å²) in [5.74, 6) is 1.17. The molecule has 4 heteroatoms. The van der Waals surface area contributed by atoms with Crippen molar-refractivity contribution in [3.05, 3.63) is 0 Å². The third-order valence-electron chi connectivity index (χ3n) is 4.67. The molecule has 2 rings (SSSR count). The summed E-state index contributed by atoms with van der Waals surface area (Å²) in [5.41, 5.74) is 0. The van der Waals surface area contributed by atoms with Crippen molar-refractivity contribution in [1.29, 1.82) is 0 Å². The second kappa shape index (κ2) is 9.35. The molecule has 0 aromatic rings. The van der Waals surface area contributed by atoms with Crippen LogP contribution in [0, 0.1) is 5.92 Å². The highest BCUT2D eigenvalue weighted by molar-refractivity contribution is 5.75. The molecule has 1 aliphatic heterocycles. The Morgan fingerprint density at radius 1 is 1.15 bits per heavy atom. The van der Waals surface area contributed by atoms with Gasteiger partial charge in [0.25, 0.3) is 0 Å². The standard InChI is InChI=1S/C16H31N3O/c20-16(8-3-7-15-5-1-2-6-15)18-9-4-12-19-13-10-17-11-14-19/h15,17H,1-14H2,(H,18,20). The van der Waals surface area contributed by atoms with Crippen LogP contribution in [-0.4, -0.2) is 50.1 Å². The summed E-state index contributed by atoms with van der Waals surface area (Å²) in [6, 6.07) is 0. The molecule has 2 aliphatic rings. The van der Waals surface area contributed by atoms with Crippen LogP contribution in [0.5, 0.6) is 0 Å². The van der Waals surface area contributed by atoms with Gasteiger partial charge in [0.15, 0.2) is 0 Å². The summed E-state index contributed by atoms with van der Waals surface area (Å²) in [4.78, 5) is 14.2. The van der Waals surface area contributed by atoms with Crippen LogP contribution in [0.4, 0.5) is 0 Å². The summed E-state index contributed by atoms with van der Waals surface area (Å²) in [7, 11) is 0. The van der Waals surface area contributed by atoms with Crippen molar-refractivity contribution in [1.82, 2.24) is 15.5 Å². The molecule has 2 fully saturated rings. The normalized spacial score (nSPS) is 21.2. The van der Waals surface area contributed by atoms with E-state index in [4.69, 9.17) is 0 Å². The lowest BCUT2D eigenvalue weighted by atomic mass is 10.0. The van der Waals surface area contributed by atoms with Crippen molar-refractivity contribution >= 4 is 5.91 Å². The van der Waals surface area contributed by atoms with Crippen molar-refractivity contribution in [3.63, 3.8) is 0 Å². The fourth-order valence-electron chi connectivity index (χ4n) is 3.40. The molecule has 4 nitrogen and oxygen atoms in total. The van der Waals surface area contributed by atoms with Gasteiger partial charge >= 0.3 is 0 Å². The summed E-state index contributed by atoms with van der Waals surface area (Å²) >= 11 is 0. The molecule has 0 aromatic heterocycles. The molecule has 20 heavy (non-hydrogen) atoms. The largest absolute Gasteiger partial charge is 0.356 e. The van der Waals surface area contributed by atoms with Crippen LogP contribution in [0.1, 0.15) is 51.4 Å². The van der Waals surface area contributed by atoms with Gasteiger partial charge in [-0.25, -0.2) is 0 Å². The highest BCUT2D eigenvalue weighted by Gasteiger charge is 2.14. The van der Waals surface area contributed by atoms with Gasteiger partial charge in [-0.3, -0.25) is 4.79 Å². The number of carbonyl (C=O) groups excluding carboxylic acids is 1. The van der Waals surface area contributed by atoms with E-state index in [0.717, 1.165) is 64.4 Å². The molecule has 0 unspecified atom stereocenters. The Kier molecular flexibility index (Phi) is 7.37. The van der Waals surface area contributed by atoms with Crippen LogP contribution in [0.15, 0.2) is 0 Å². The van der Waals surface area contributed by atoms with Crippen molar-refractivity contribution < 1.29 is 4.79 Å². The molecule has 0 bridgehead atoms. The smallest absolute Gasteiger partial charge is 0.219 e. The van der Waals surface area contributed by atoms with E-state index >= 15 is 0 Å². The quantitative estimate of drug-likeness (QED) is 0.666. The highest BCUT2D eigenvalue weighted by Crippen LogP contribution is 2.28. The van der Waals surface area contributed by atoms with Crippen molar-refractivity contribution in [2.24, 2.45) is 5.92 Å². The maximum Gasteiger partial charge on any atom is 0.219 e. The van der Waals surface area contributed by atoms with Crippen molar-refractivity contribution in [3.8, 4) is 0 Å². The first kappa shape index (κ1) is 15.8. The number of piperazine rings is 1. The molecule has 2 N–H and O–H groups in total.